The van der Waals surface area contributed by atoms with E-state index in [4.69, 9.17) is 9.47 Å². The van der Waals surface area contributed by atoms with E-state index in [0.717, 1.165) is 0 Å². The van der Waals surface area contributed by atoms with E-state index in [-0.39, 0.29) is 23.7 Å². The number of aliphatic hydroxyl groups is 2. The molecule has 0 aromatic carbocycles. The molecule has 1 aliphatic rings. The summed E-state index contributed by atoms with van der Waals surface area (Å²) in [5.74, 6) is -2.71. The van der Waals surface area contributed by atoms with Gasteiger partial charge in [-0.25, -0.2) is 9.59 Å². The third kappa shape index (κ3) is 4.60. The second-order valence-corrected chi connectivity index (χ2v) is 5.59. The molecule has 1 rings (SSSR count). The number of hydrogen-bond donors (Lipinski definition) is 2. The van der Waals surface area contributed by atoms with Gasteiger partial charge in [-0.05, 0) is 12.8 Å². The highest BCUT2D eigenvalue weighted by atomic mass is 16.6. The van der Waals surface area contributed by atoms with Gasteiger partial charge < -0.3 is 24.4 Å². The van der Waals surface area contributed by atoms with Crippen molar-refractivity contribution in [2.45, 2.75) is 45.5 Å². The Balaban J connectivity index is 2.75. The maximum atomic E-state index is 12.0. The van der Waals surface area contributed by atoms with Gasteiger partial charge in [-0.3, -0.25) is 4.79 Å². The van der Waals surface area contributed by atoms with Crippen LogP contribution >= 0.6 is 0 Å². The summed E-state index contributed by atoms with van der Waals surface area (Å²) in [7, 11) is 1.38. The number of carbonyl (C=O) groups excluding carboxylic acids is 3. The lowest BCUT2D eigenvalue weighted by atomic mass is 10.0. The smallest absolute Gasteiger partial charge is 0.345 e. The van der Waals surface area contributed by atoms with E-state index in [1.807, 2.05) is 0 Å². The van der Waals surface area contributed by atoms with Gasteiger partial charge in [-0.2, -0.15) is 0 Å². The normalized spacial score (nSPS) is 18.9. The van der Waals surface area contributed by atoms with E-state index in [1.54, 1.807) is 13.8 Å². The highest BCUT2D eigenvalue weighted by Gasteiger charge is 2.36. The van der Waals surface area contributed by atoms with Crippen LogP contribution in [0.15, 0.2) is 11.1 Å². The summed E-state index contributed by atoms with van der Waals surface area (Å²) in [6.07, 6.45) is -3.42. The molecule has 8 heteroatoms. The fraction of sp³-hybridized carbons (Fsp3) is 0.667. The van der Waals surface area contributed by atoms with Gasteiger partial charge in [0.2, 0.25) is 0 Å². The first-order chi connectivity index (χ1) is 10.7. The maximum absolute atomic E-state index is 12.0. The molecule has 1 aliphatic heterocycles. The molecule has 3 atom stereocenters. The zero-order valence-corrected chi connectivity index (χ0v) is 13.6. The molecule has 1 heterocycles. The van der Waals surface area contributed by atoms with E-state index >= 15 is 0 Å². The molecule has 0 saturated carbocycles. The number of methoxy groups -OCH3 is 1. The number of rotatable bonds is 8. The molecule has 2 N–H and O–H groups in total. The lowest BCUT2D eigenvalue weighted by Crippen LogP contribution is -2.40. The van der Waals surface area contributed by atoms with Crippen LogP contribution in [-0.2, 0) is 28.6 Å². The topological polar surface area (TPSA) is 119 Å². The third-order valence-corrected chi connectivity index (χ3v) is 3.58. The van der Waals surface area contributed by atoms with Crippen molar-refractivity contribution in [3.63, 3.8) is 0 Å². The van der Waals surface area contributed by atoms with Crippen LogP contribution in [0.3, 0.4) is 0 Å². The van der Waals surface area contributed by atoms with Crippen LogP contribution in [-0.4, -0.2) is 60.1 Å². The number of cyclic esters (lactones) is 2. The molecule has 0 spiro atoms. The van der Waals surface area contributed by atoms with E-state index < -0.39 is 42.6 Å². The predicted molar refractivity (Wildman–Crippen MR) is 77.0 cm³/mol. The fourth-order valence-electron chi connectivity index (χ4n) is 2.28. The molecule has 0 aromatic rings. The Hall–Kier alpha value is -1.77. The van der Waals surface area contributed by atoms with Gasteiger partial charge in [0.1, 0.15) is 12.2 Å². The van der Waals surface area contributed by atoms with Crippen molar-refractivity contribution in [1.82, 2.24) is 0 Å². The average Bonchev–Trinajstić information content (AvgIpc) is 2.71. The van der Waals surface area contributed by atoms with E-state index in [1.165, 1.54) is 14.0 Å². The summed E-state index contributed by atoms with van der Waals surface area (Å²) in [6.45, 7) is 4.58. The van der Waals surface area contributed by atoms with E-state index in [2.05, 4.69) is 4.74 Å². The summed E-state index contributed by atoms with van der Waals surface area (Å²) in [6, 6.07) is 0. The first-order valence-corrected chi connectivity index (χ1v) is 7.21. The molecular formula is C15H22O8. The predicted octanol–water partition coefficient (Wildman–Crippen LogP) is -0.288. The Morgan fingerprint density at radius 3 is 2.26 bits per heavy atom. The van der Waals surface area contributed by atoms with Gasteiger partial charge in [0.25, 0.3) is 0 Å². The van der Waals surface area contributed by atoms with Crippen molar-refractivity contribution in [2.24, 2.45) is 5.92 Å². The minimum absolute atomic E-state index is 0.0270. The first-order valence-electron chi connectivity index (χ1n) is 7.21. The number of hydrogen-bond acceptors (Lipinski definition) is 8. The molecule has 0 aliphatic carbocycles. The van der Waals surface area contributed by atoms with Crippen molar-refractivity contribution in [3.8, 4) is 0 Å². The molecular weight excluding hydrogens is 308 g/mol. The number of aliphatic hydroxyl groups excluding tert-OH is 2. The second kappa shape index (κ2) is 8.19. The molecule has 0 amide bonds. The molecule has 8 nitrogen and oxygen atoms in total. The summed E-state index contributed by atoms with van der Waals surface area (Å²) >= 11 is 0. The van der Waals surface area contributed by atoms with Crippen LogP contribution in [0.1, 0.15) is 27.2 Å². The molecule has 0 fully saturated rings. The summed E-state index contributed by atoms with van der Waals surface area (Å²) < 4.78 is 14.7. The Labute approximate surface area is 134 Å². The Bertz CT molecular complexity index is 504. The van der Waals surface area contributed by atoms with E-state index in [0.29, 0.717) is 0 Å². The van der Waals surface area contributed by atoms with Gasteiger partial charge in [0.05, 0.1) is 24.7 Å². The molecule has 0 unspecified atom stereocenters. The van der Waals surface area contributed by atoms with Crippen molar-refractivity contribution < 1.29 is 38.8 Å². The molecule has 0 radical (unpaired) electrons. The lowest BCUT2D eigenvalue weighted by Gasteiger charge is -2.28. The Kier molecular flexibility index (Phi) is 6.86. The fourth-order valence-corrected chi connectivity index (χ4v) is 2.28. The number of carbonyl (C=O) groups is 3. The molecule has 0 bridgehead atoms. The van der Waals surface area contributed by atoms with Gasteiger partial charge in [0, 0.05) is 12.7 Å². The second-order valence-electron chi connectivity index (χ2n) is 5.59. The minimum Gasteiger partial charge on any atom is -0.459 e. The van der Waals surface area contributed by atoms with Crippen molar-refractivity contribution in [3.05, 3.63) is 11.1 Å². The van der Waals surface area contributed by atoms with Crippen LogP contribution in [0.4, 0.5) is 0 Å². The summed E-state index contributed by atoms with van der Waals surface area (Å²) in [4.78, 5) is 34.7. The lowest BCUT2D eigenvalue weighted by molar-refractivity contribution is -0.164. The number of esters is 3. The SMILES string of the molecule is CO[C@H](CO)[C@H](OC(=O)C[C@@H](O)C1=C(C)C(=O)OC1=O)C(C)C. The minimum atomic E-state index is -1.50. The zero-order valence-electron chi connectivity index (χ0n) is 13.6. The van der Waals surface area contributed by atoms with Crippen molar-refractivity contribution in [2.75, 3.05) is 13.7 Å². The van der Waals surface area contributed by atoms with Gasteiger partial charge in [0.15, 0.2) is 0 Å². The highest BCUT2D eigenvalue weighted by molar-refractivity contribution is 6.12. The maximum Gasteiger partial charge on any atom is 0.345 e. The molecule has 0 saturated heterocycles. The van der Waals surface area contributed by atoms with Crippen LogP contribution in [0.25, 0.3) is 0 Å². The number of ether oxygens (including phenoxy) is 3. The Morgan fingerprint density at radius 2 is 1.87 bits per heavy atom. The van der Waals surface area contributed by atoms with Gasteiger partial charge in [-0.1, -0.05) is 13.8 Å². The molecule has 0 aromatic heterocycles. The monoisotopic (exact) mass is 330 g/mol. The highest BCUT2D eigenvalue weighted by Crippen LogP contribution is 2.23. The van der Waals surface area contributed by atoms with E-state index in [9.17, 15) is 24.6 Å². The van der Waals surface area contributed by atoms with Gasteiger partial charge in [-0.15, -0.1) is 0 Å². The van der Waals surface area contributed by atoms with Gasteiger partial charge >= 0.3 is 17.9 Å². The average molecular weight is 330 g/mol. The Morgan fingerprint density at radius 1 is 1.26 bits per heavy atom. The van der Waals surface area contributed by atoms with Crippen LogP contribution in [0.5, 0.6) is 0 Å². The third-order valence-electron chi connectivity index (χ3n) is 3.58. The molecule has 23 heavy (non-hydrogen) atoms. The van der Waals surface area contributed by atoms with Crippen LogP contribution in [0.2, 0.25) is 0 Å². The largest absolute Gasteiger partial charge is 0.459 e. The van der Waals surface area contributed by atoms with Crippen LogP contribution < -0.4 is 0 Å². The van der Waals surface area contributed by atoms with Crippen molar-refractivity contribution >= 4 is 17.9 Å². The van der Waals surface area contributed by atoms with Crippen molar-refractivity contribution in [1.29, 1.82) is 0 Å². The summed E-state index contributed by atoms with van der Waals surface area (Å²) in [5.41, 5.74) is -0.265. The summed E-state index contributed by atoms with van der Waals surface area (Å²) in [5, 5.41) is 19.2. The quantitative estimate of drug-likeness (QED) is 0.460. The molecule has 130 valence electrons. The standard InChI is InChI=1S/C15H22O8/c1-7(2)13(10(6-16)21-4)22-11(18)5-9(17)12-8(3)14(19)23-15(12)20/h7,9-10,13,16-17H,5-6H2,1-4H3/t9-,10-,13-/m1/s1. The van der Waals surface area contributed by atoms with Crippen LogP contribution in [0, 0.1) is 5.92 Å². The zero-order chi connectivity index (χ0) is 17.7. The first kappa shape index (κ1) is 19.3.